The van der Waals surface area contributed by atoms with Gasteiger partial charge >= 0.3 is 0 Å². The van der Waals surface area contributed by atoms with Gasteiger partial charge in [-0.1, -0.05) is 0 Å². The number of nitrogens with one attached hydrogen (secondary N) is 1. The van der Waals surface area contributed by atoms with Gasteiger partial charge in [-0.05, 0) is 110 Å². The Morgan fingerprint density at radius 1 is 0.671 bits per heavy atom. The summed E-state index contributed by atoms with van der Waals surface area (Å²) >= 11 is 5.94. The fourth-order valence-corrected chi connectivity index (χ4v) is 11.8. The lowest BCUT2D eigenvalue weighted by Crippen LogP contribution is -2.60. The van der Waals surface area contributed by atoms with Crippen LogP contribution in [-0.2, 0) is 11.1 Å². The molecular weight excluding hydrogens is 958 g/mol. The van der Waals surface area contributed by atoms with E-state index < -0.39 is 0 Å². The summed E-state index contributed by atoms with van der Waals surface area (Å²) < 4.78 is 33.0. The molecule has 2 aliphatic heterocycles. The first-order chi connectivity index (χ1) is 35.1. The summed E-state index contributed by atoms with van der Waals surface area (Å²) in [6, 6.07) is 13.7. The molecule has 5 N–H and O–H groups in total. The highest BCUT2D eigenvalue weighted by molar-refractivity contribution is 6.28. The van der Waals surface area contributed by atoms with E-state index in [1.807, 2.05) is 28.0 Å². The SMILES string of the molecule is CN(C)C(=O)c1cc2cnc(Cl)nc2n1C12CC(C1)C2.CN(C)C(=O)c1cc2cnc(Nc3ccc(N4CCN(CCO)CC4)c(F)c3)nc2n1C12CC(C1)C2.Nc1ccc(N2CCN(CCO)CC2)c(F)c1. The van der Waals surface area contributed by atoms with Gasteiger partial charge in [0, 0.05) is 139 Å². The number of aliphatic hydroxyl groups is 2. The Bertz CT molecular complexity index is 2990. The summed E-state index contributed by atoms with van der Waals surface area (Å²) in [7, 11) is 7.06. The molecule has 2 aromatic carbocycles. The summed E-state index contributed by atoms with van der Waals surface area (Å²) in [6.07, 6.45) is 10.1. The third-order valence-electron chi connectivity index (χ3n) is 15.7. The molecule has 6 heterocycles. The minimum atomic E-state index is -0.298. The second-order valence-corrected chi connectivity index (χ2v) is 21.4. The zero-order valence-electron chi connectivity index (χ0n) is 41.9. The maximum atomic E-state index is 15.1. The number of benzene rings is 2. The molecule has 0 spiro atoms. The first-order valence-corrected chi connectivity index (χ1v) is 25.6. The molecule has 0 atom stereocenters. The number of rotatable bonds is 12. The smallest absolute Gasteiger partial charge is 0.270 e. The Kier molecular flexibility index (Phi) is 14.0. The number of carbonyl (C=O) groups excluding carboxylic acids is 2. The van der Waals surface area contributed by atoms with Crippen LogP contribution in [0.4, 0.5) is 37.5 Å². The maximum Gasteiger partial charge on any atom is 0.270 e. The second kappa shape index (κ2) is 20.3. The van der Waals surface area contributed by atoms with Gasteiger partial charge in [-0.2, -0.15) is 9.97 Å². The minimum absolute atomic E-state index is 0.00356. The lowest BCUT2D eigenvalue weighted by Gasteiger charge is -2.62. The van der Waals surface area contributed by atoms with E-state index in [4.69, 9.17) is 32.5 Å². The number of piperazine rings is 2. The molecule has 14 rings (SSSR count). The second-order valence-electron chi connectivity index (χ2n) is 21.0. The van der Waals surface area contributed by atoms with Crippen molar-refractivity contribution in [2.24, 2.45) is 11.8 Å². The van der Waals surface area contributed by atoms with Gasteiger partial charge in [-0.15, -0.1) is 0 Å². The molecule has 0 radical (unpaired) electrons. The highest BCUT2D eigenvalue weighted by Gasteiger charge is 2.60. The van der Waals surface area contributed by atoms with E-state index in [0.717, 1.165) is 125 Å². The average Bonchev–Trinajstić information content (AvgIpc) is 3.86. The van der Waals surface area contributed by atoms with Gasteiger partial charge in [0.15, 0.2) is 0 Å². The predicted octanol–water partition coefficient (Wildman–Crippen LogP) is 5.46. The van der Waals surface area contributed by atoms with Gasteiger partial charge in [0.1, 0.15) is 34.3 Å². The number of nitrogens with zero attached hydrogens (tertiary/aromatic N) is 12. The molecule has 4 bridgehead atoms. The van der Waals surface area contributed by atoms with E-state index in [2.05, 4.69) is 39.2 Å². The maximum absolute atomic E-state index is 15.1. The number of nitrogens with two attached hydrogens (primary N) is 1. The molecule has 6 aliphatic carbocycles. The molecule has 8 aliphatic rings. The molecule has 18 nitrogen and oxygen atoms in total. The number of fused-ring (bicyclic) bond motifs is 2. The van der Waals surface area contributed by atoms with Crippen molar-refractivity contribution in [1.29, 1.82) is 0 Å². The first-order valence-electron chi connectivity index (χ1n) is 25.2. The molecule has 388 valence electrons. The lowest BCUT2D eigenvalue weighted by atomic mass is 9.49. The van der Waals surface area contributed by atoms with Crippen LogP contribution in [0.15, 0.2) is 60.9 Å². The molecule has 21 heteroatoms. The number of hydrogen-bond donors (Lipinski definition) is 4. The van der Waals surface area contributed by atoms with Crippen molar-refractivity contribution in [3.05, 3.63) is 89.2 Å². The number of hydrogen-bond acceptors (Lipinski definition) is 14. The van der Waals surface area contributed by atoms with Crippen molar-refractivity contribution in [3.8, 4) is 0 Å². The fraction of sp³-hybridized carbons (Fsp3) is 0.500. The monoisotopic (exact) mass is 1020 g/mol. The Morgan fingerprint density at radius 2 is 1.12 bits per heavy atom. The van der Waals surface area contributed by atoms with E-state index in [1.54, 1.807) is 68.6 Å². The number of aliphatic hydroxyl groups excluding tert-OH is 2. The number of aromatic nitrogens is 6. The van der Waals surface area contributed by atoms with Crippen LogP contribution in [0.2, 0.25) is 5.28 Å². The standard InChI is InChI=1S/C26H32FN7O2.C14H15ClN4O.C12H18FN3O/c1-31(2)24(36)22-11-18-16-28-25(30-23(18)34(22)26-13-17(14-26)15-26)29-19-3-4-21(20(27)12-19)33-7-5-32(6-8-33)9-10-35;1-18(2)12(20)10-3-9-7-16-13(15)17-11(9)19(10)14-4-8(5-14)6-14;13-11-9-10(14)1-2-12(11)16-5-3-15(4-6-16)7-8-17/h3-4,11-12,16-17,35H,5-10,13-15H2,1-2H3,(H,28,29,30);3,7-8H,4-6H2,1-2H3;1-2,9,17H,3-8,14H2. The van der Waals surface area contributed by atoms with E-state index in [0.29, 0.717) is 53.2 Å². The molecule has 73 heavy (non-hydrogen) atoms. The van der Waals surface area contributed by atoms with E-state index in [9.17, 15) is 14.0 Å². The Balaban J connectivity index is 0.000000139. The number of anilines is 5. The molecule has 2 saturated heterocycles. The summed E-state index contributed by atoms with van der Waals surface area (Å²) in [6.45, 7) is 7.96. The summed E-state index contributed by atoms with van der Waals surface area (Å²) in [5.41, 5.74) is 10.7. The first kappa shape index (κ1) is 50.3. The van der Waals surface area contributed by atoms with Crippen LogP contribution in [0.1, 0.15) is 59.5 Å². The van der Waals surface area contributed by atoms with Crippen molar-refractivity contribution in [1.82, 2.24) is 48.7 Å². The van der Waals surface area contributed by atoms with Crippen LogP contribution in [0.25, 0.3) is 22.1 Å². The number of nitrogen functional groups attached to an aromatic ring is 1. The normalized spacial score (nSPS) is 23.0. The van der Waals surface area contributed by atoms with Gasteiger partial charge in [0.2, 0.25) is 11.2 Å². The van der Waals surface area contributed by atoms with E-state index >= 15 is 4.39 Å². The highest BCUT2D eigenvalue weighted by atomic mass is 35.5. The number of carbonyl (C=O) groups is 2. The van der Waals surface area contributed by atoms with Crippen molar-refractivity contribution in [2.45, 2.75) is 49.6 Å². The molecular formula is C52H65ClF2N14O4. The van der Waals surface area contributed by atoms with Crippen LogP contribution < -0.4 is 20.9 Å². The lowest BCUT2D eigenvalue weighted by molar-refractivity contribution is -0.0871. The van der Waals surface area contributed by atoms with Crippen LogP contribution in [0.5, 0.6) is 0 Å². The number of amides is 2. The minimum Gasteiger partial charge on any atom is -0.399 e. The predicted molar refractivity (Wildman–Crippen MR) is 279 cm³/mol. The summed E-state index contributed by atoms with van der Waals surface area (Å²) in [5, 5.41) is 23.1. The third kappa shape index (κ3) is 9.75. The Labute approximate surface area is 428 Å². The van der Waals surface area contributed by atoms with E-state index in [1.165, 1.54) is 12.1 Å². The van der Waals surface area contributed by atoms with Crippen LogP contribution in [-0.4, -0.2) is 178 Å². The number of β-amino-alcohol motifs (C(OH)–C–C–N with tert-alkyl or cyclic N) is 2. The summed E-state index contributed by atoms with van der Waals surface area (Å²) in [4.78, 5) is 54.6. The van der Waals surface area contributed by atoms with Crippen LogP contribution >= 0.6 is 11.6 Å². The average molecular weight is 1020 g/mol. The topological polar surface area (TPSA) is 194 Å². The fourth-order valence-electron chi connectivity index (χ4n) is 11.6. The zero-order valence-corrected chi connectivity index (χ0v) is 42.7. The van der Waals surface area contributed by atoms with Gasteiger partial charge in [-0.25, -0.2) is 18.7 Å². The number of halogens is 3. The van der Waals surface area contributed by atoms with Crippen molar-refractivity contribution >= 4 is 74.2 Å². The molecule has 8 fully saturated rings. The van der Waals surface area contributed by atoms with Crippen LogP contribution in [0.3, 0.4) is 0 Å². The van der Waals surface area contributed by atoms with Gasteiger partial charge in [0.25, 0.3) is 11.8 Å². The molecule has 4 aromatic heterocycles. The Hall–Kier alpha value is -6.19. The third-order valence-corrected chi connectivity index (χ3v) is 15.9. The van der Waals surface area contributed by atoms with Crippen molar-refractivity contribution in [3.63, 3.8) is 0 Å². The van der Waals surface area contributed by atoms with Crippen LogP contribution in [0, 0.1) is 23.5 Å². The van der Waals surface area contributed by atoms with Crippen molar-refractivity contribution < 1.29 is 28.6 Å². The van der Waals surface area contributed by atoms with Gasteiger partial charge < -0.3 is 50.0 Å². The molecule has 6 saturated carbocycles. The van der Waals surface area contributed by atoms with E-state index in [-0.39, 0.29) is 53.0 Å². The largest absolute Gasteiger partial charge is 0.399 e. The van der Waals surface area contributed by atoms with Crippen molar-refractivity contribution in [2.75, 3.05) is 128 Å². The summed E-state index contributed by atoms with van der Waals surface area (Å²) in [5.74, 6) is 1.36. The Morgan fingerprint density at radius 3 is 1.55 bits per heavy atom. The quantitative estimate of drug-likeness (QED) is 0.0893. The van der Waals surface area contributed by atoms with Gasteiger partial charge in [-0.3, -0.25) is 19.4 Å². The molecule has 0 unspecified atom stereocenters. The molecule has 2 amide bonds. The highest BCUT2D eigenvalue weighted by Crippen LogP contribution is 2.64. The van der Waals surface area contributed by atoms with Gasteiger partial charge in [0.05, 0.1) is 24.6 Å². The molecule has 6 aromatic rings. The zero-order chi connectivity index (χ0) is 51.3.